The van der Waals surface area contributed by atoms with Crippen LogP contribution in [-0.4, -0.2) is 35.9 Å². The van der Waals surface area contributed by atoms with Gasteiger partial charge in [-0.3, -0.25) is 14.9 Å². The lowest BCUT2D eigenvalue weighted by Gasteiger charge is -2.16. The molecular formula is C12H12BrN3O4. The number of nitriles is 1. The summed E-state index contributed by atoms with van der Waals surface area (Å²) in [5.74, 6) is -0.0834. The number of carbonyl (C=O) groups excluding carboxylic acids is 1. The van der Waals surface area contributed by atoms with E-state index in [-0.39, 0.29) is 30.4 Å². The van der Waals surface area contributed by atoms with Crippen LogP contribution in [0.5, 0.6) is 5.75 Å². The summed E-state index contributed by atoms with van der Waals surface area (Å²) in [6.07, 6.45) is 0.239. The monoisotopic (exact) mass is 341 g/mol. The Kier molecular flexibility index (Phi) is 5.93. The molecule has 0 radical (unpaired) electrons. The van der Waals surface area contributed by atoms with Crippen LogP contribution in [0.25, 0.3) is 0 Å². The van der Waals surface area contributed by atoms with Crippen molar-refractivity contribution in [1.82, 2.24) is 4.90 Å². The minimum Gasteiger partial charge on any atom is -0.482 e. The van der Waals surface area contributed by atoms with Gasteiger partial charge in [-0.15, -0.1) is 0 Å². The molecule has 0 spiro atoms. The zero-order chi connectivity index (χ0) is 15.1. The second kappa shape index (κ2) is 7.45. The molecule has 0 atom stereocenters. The number of benzene rings is 1. The first-order valence-electron chi connectivity index (χ1n) is 5.63. The Hall–Kier alpha value is -2.14. The molecule has 8 heteroatoms. The summed E-state index contributed by atoms with van der Waals surface area (Å²) in [6.45, 7) is 0.0660. The number of non-ortho nitro benzene ring substituents is 1. The Bertz CT molecular complexity index is 556. The van der Waals surface area contributed by atoms with Crippen molar-refractivity contribution >= 4 is 27.5 Å². The van der Waals surface area contributed by atoms with Gasteiger partial charge in [0.25, 0.3) is 11.6 Å². The van der Waals surface area contributed by atoms with E-state index in [2.05, 4.69) is 15.9 Å². The summed E-state index contributed by atoms with van der Waals surface area (Å²) in [5, 5.41) is 19.1. The van der Waals surface area contributed by atoms with Crippen LogP contribution in [0.15, 0.2) is 22.7 Å². The van der Waals surface area contributed by atoms with Crippen molar-refractivity contribution < 1.29 is 14.5 Å². The van der Waals surface area contributed by atoms with E-state index < -0.39 is 4.92 Å². The Morgan fingerprint density at radius 1 is 1.60 bits per heavy atom. The fraction of sp³-hybridized carbons (Fsp3) is 0.333. The highest BCUT2D eigenvalue weighted by molar-refractivity contribution is 9.10. The number of amides is 1. The minimum absolute atomic E-state index is 0.117. The molecular weight excluding hydrogens is 330 g/mol. The molecule has 0 heterocycles. The summed E-state index contributed by atoms with van der Waals surface area (Å²) >= 11 is 3.19. The SMILES string of the molecule is CN(CCC#N)C(=O)COc1cc([N+](=O)[O-])ccc1Br. The van der Waals surface area contributed by atoms with Gasteiger partial charge in [0, 0.05) is 19.7 Å². The van der Waals surface area contributed by atoms with Crippen LogP contribution in [-0.2, 0) is 4.79 Å². The van der Waals surface area contributed by atoms with E-state index in [9.17, 15) is 14.9 Å². The Labute approximate surface area is 124 Å². The first kappa shape index (κ1) is 15.9. The molecule has 1 amide bonds. The fourth-order valence-electron chi connectivity index (χ4n) is 1.31. The van der Waals surface area contributed by atoms with Crippen LogP contribution in [0, 0.1) is 21.4 Å². The number of carbonyl (C=O) groups is 1. The van der Waals surface area contributed by atoms with Gasteiger partial charge in [0.1, 0.15) is 5.75 Å². The molecule has 0 aromatic heterocycles. The number of likely N-dealkylation sites (N-methyl/N-ethyl adjacent to an activating group) is 1. The summed E-state index contributed by atoms with van der Waals surface area (Å²) in [7, 11) is 1.56. The molecule has 0 aliphatic carbocycles. The average Bonchev–Trinajstić information content (AvgIpc) is 2.43. The molecule has 0 N–H and O–H groups in total. The van der Waals surface area contributed by atoms with Gasteiger partial charge >= 0.3 is 0 Å². The maximum absolute atomic E-state index is 11.7. The van der Waals surface area contributed by atoms with Crippen LogP contribution in [0.4, 0.5) is 5.69 Å². The van der Waals surface area contributed by atoms with Gasteiger partial charge < -0.3 is 9.64 Å². The third kappa shape index (κ3) is 4.51. The van der Waals surface area contributed by atoms with Crippen molar-refractivity contribution in [2.45, 2.75) is 6.42 Å². The van der Waals surface area contributed by atoms with Crippen molar-refractivity contribution in [2.75, 3.05) is 20.2 Å². The van der Waals surface area contributed by atoms with E-state index in [1.165, 1.54) is 23.1 Å². The molecule has 7 nitrogen and oxygen atoms in total. The van der Waals surface area contributed by atoms with E-state index >= 15 is 0 Å². The number of rotatable bonds is 6. The predicted molar refractivity (Wildman–Crippen MR) is 74.2 cm³/mol. The van der Waals surface area contributed by atoms with Crippen molar-refractivity contribution in [3.63, 3.8) is 0 Å². The largest absolute Gasteiger partial charge is 0.482 e. The summed E-state index contributed by atoms with van der Waals surface area (Å²) < 4.78 is 5.79. The molecule has 1 aromatic carbocycles. The third-order valence-corrected chi connectivity index (χ3v) is 3.12. The zero-order valence-electron chi connectivity index (χ0n) is 10.7. The van der Waals surface area contributed by atoms with Crippen molar-refractivity contribution in [3.8, 4) is 11.8 Å². The molecule has 0 saturated heterocycles. The number of nitro groups is 1. The van der Waals surface area contributed by atoms with Gasteiger partial charge in [-0.05, 0) is 22.0 Å². The number of nitrogens with zero attached hydrogens (tertiary/aromatic N) is 3. The summed E-state index contributed by atoms with van der Waals surface area (Å²) in [5.41, 5.74) is -0.117. The molecule has 20 heavy (non-hydrogen) atoms. The van der Waals surface area contributed by atoms with Crippen LogP contribution in [0.3, 0.4) is 0 Å². The topological polar surface area (TPSA) is 96.5 Å². The number of hydrogen-bond acceptors (Lipinski definition) is 5. The van der Waals surface area contributed by atoms with Crippen molar-refractivity contribution in [3.05, 3.63) is 32.8 Å². The maximum Gasteiger partial charge on any atom is 0.273 e. The second-order valence-electron chi connectivity index (χ2n) is 3.88. The standard InChI is InChI=1S/C12H12BrN3O4/c1-15(6-2-5-14)12(17)8-20-11-7-9(16(18)19)3-4-10(11)13/h3-4,7H,2,6,8H2,1H3. The van der Waals surface area contributed by atoms with Crippen LogP contribution in [0.1, 0.15) is 6.42 Å². The molecule has 1 rings (SSSR count). The van der Waals surface area contributed by atoms with Gasteiger partial charge in [0.15, 0.2) is 6.61 Å². The maximum atomic E-state index is 11.7. The molecule has 0 fully saturated rings. The van der Waals surface area contributed by atoms with E-state index in [0.29, 0.717) is 11.0 Å². The molecule has 0 saturated carbocycles. The minimum atomic E-state index is -0.542. The quantitative estimate of drug-likeness (QED) is 0.583. The second-order valence-corrected chi connectivity index (χ2v) is 4.74. The van der Waals surface area contributed by atoms with Crippen molar-refractivity contribution in [1.29, 1.82) is 5.26 Å². The molecule has 0 unspecified atom stereocenters. The summed E-state index contributed by atoms with van der Waals surface area (Å²) in [4.78, 5) is 23.2. The fourth-order valence-corrected chi connectivity index (χ4v) is 1.67. The number of ether oxygens (including phenoxy) is 1. The Morgan fingerprint density at radius 3 is 2.90 bits per heavy atom. The first-order chi connectivity index (χ1) is 9.45. The Balaban J connectivity index is 2.65. The van der Waals surface area contributed by atoms with Gasteiger partial charge in [-0.2, -0.15) is 5.26 Å². The van der Waals surface area contributed by atoms with E-state index in [1.54, 1.807) is 7.05 Å². The lowest BCUT2D eigenvalue weighted by molar-refractivity contribution is -0.385. The van der Waals surface area contributed by atoms with Gasteiger partial charge in [-0.1, -0.05) is 0 Å². The van der Waals surface area contributed by atoms with Crippen LogP contribution in [0.2, 0.25) is 0 Å². The number of nitro benzene ring substituents is 1. The van der Waals surface area contributed by atoms with Gasteiger partial charge in [0.2, 0.25) is 0 Å². The van der Waals surface area contributed by atoms with E-state index in [4.69, 9.17) is 10.00 Å². The van der Waals surface area contributed by atoms with Crippen LogP contribution >= 0.6 is 15.9 Å². The molecule has 1 aromatic rings. The molecule has 0 aliphatic heterocycles. The molecule has 0 aliphatic rings. The molecule has 0 bridgehead atoms. The zero-order valence-corrected chi connectivity index (χ0v) is 12.3. The average molecular weight is 342 g/mol. The number of hydrogen-bond donors (Lipinski definition) is 0. The van der Waals surface area contributed by atoms with Gasteiger partial charge in [0.05, 0.1) is 28.0 Å². The Morgan fingerprint density at radius 2 is 2.30 bits per heavy atom. The van der Waals surface area contributed by atoms with E-state index in [1.807, 2.05) is 6.07 Å². The number of halogens is 1. The first-order valence-corrected chi connectivity index (χ1v) is 6.42. The van der Waals surface area contributed by atoms with Crippen molar-refractivity contribution in [2.24, 2.45) is 0 Å². The van der Waals surface area contributed by atoms with E-state index in [0.717, 1.165) is 0 Å². The summed E-state index contributed by atoms with van der Waals surface area (Å²) in [6, 6.07) is 6.00. The molecule has 106 valence electrons. The normalized spacial score (nSPS) is 9.65. The van der Waals surface area contributed by atoms with Crippen LogP contribution < -0.4 is 4.74 Å². The smallest absolute Gasteiger partial charge is 0.273 e. The lowest BCUT2D eigenvalue weighted by atomic mass is 10.3. The predicted octanol–water partition coefficient (Wildman–Crippen LogP) is 2.11. The highest BCUT2D eigenvalue weighted by atomic mass is 79.9. The lowest BCUT2D eigenvalue weighted by Crippen LogP contribution is -2.32. The highest BCUT2D eigenvalue weighted by Gasteiger charge is 2.13. The third-order valence-electron chi connectivity index (χ3n) is 2.46. The highest BCUT2D eigenvalue weighted by Crippen LogP contribution is 2.29. The van der Waals surface area contributed by atoms with Gasteiger partial charge in [-0.25, -0.2) is 0 Å².